The molecule has 0 spiro atoms. The average molecular weight is 649 g/mol. The van der Waals surface area contributed by atoms with Gasteiger partial charge in [-0.05, 0) is 101 Å². The number of ketones is 1. The number of carbonyl (C=O) groups is 1. The fraction of sp³-hybridized carbons (Fsp3) is 0.861. The van der Waals surface area contributed by atoms with Crippen LogP contribution in [0.5, 0.6) is 0 Å². The molecular weight excluding hydrogens is 592 g/mol. The van der Waals surface area contributed by atoms with Gasteiger partial charge in [0.2, 0.25) is 6.29 Å². The average Bonchev–Trinajstić information content (AvgIpc) is 3.31. The summed E-state index contributed by atoms with van der Waals surface area (Å²) in [5, 5.41) is 23.0. The van der Waals surface area contributed by atoms with E-state index in [1.807, 2.05) is 20.8 Å². The molecular formula is C36H56O10. The normalized spacial score (nSPS) is 48.1. The first-order valence-corrected chi connectivity index (χ1v) is 17.5. The zero-order valence-electron chi connectivity index (χ0n) is 28.7. The molecule has 3 saturated carbocycles. The Kier molecular flexibility index (Phi) is 9.87. The summed E-state index contributed by atoms with van der Waals surface area (Å²) >= 11 is 0. The fourth-order valence-electron chi connectivity index (χ4n) is 10.4. The summed E-state index contributed by atoms with van der Waals surface area (Å²) in [6.07, 6.45) is 7.98. The SMILES string of the molecule is COCO[C@@H]1C[C@H](O[C@@H](C)[C@@]2(O)CC[C@H]3[C@@H]4CC=C5CC(OC6OC(C)C=C(OC)C6=O)CC[C@]5(C)[C@H]4CC[C@@]32C)O[C@H](C)[C@H]1O. The topological polar surface area (TPSA) is 122 Å². The standard InChI is InChI=1S/C36H56O10/c1-20-16-28(41-7)32(38)33(43-20)46-24-10-13-34(4)23(17-24)8-9-25-26(34)11-14-35(5)27(25)12-15-36(35,39)22(3)45-30-18-29(42-19-40-6)31(37)21(2)44-30/h8,16,20-22,24-27,29-31,33,37,39H,9-15,17-19H2,1-7H3/t20?,21-,22+,24?,25-,26+,27+,29-,30+,31-,33?,34+,35+,36+/m1/s1. The van der Waals surface area contributed by atoms with Crippen LogP contribution in [0.1, 0.15) is 92.4 Å². The van der Waals surface area contributed by atoms with E-state index in [1.165, 1.54) is 12.7 Å². The molecule has 4 fully saturated rings. The molecule has 0 aromatic rings. The number of fused-ring (bicyclic) bond motifs is 5. The van der Waals surface area contributed by atoms with Crippen molar-refractivity contribution in [2.75, 3.05) is 21.0 Å². The zero-order valence-corrected chi connectivity index (χ0v) is 28.7. The van der Waals surface area contributed by atoms with Gasteiger partial charge in [0.1, 0.15) is 12.9 Å². The smallest absolute Gasteiger partial charge is 0.252 e. The molecule has 46 heavy (non-hydrogen) atoms. The van der Waals surface area contributed by atoms with Crippen molar-refractivity contribution < 1.29 is 48.2 Å². The Morgan fingerprint density at radius 2 is 1.83 bits per heavy atom. The second-order valence-corrected chi connectivity index (χ2v) is 15.3. The Labute approximate surface area is 274 Å². The summed E-state index contributed by atoms with van der Waals surface area (Å²) in [6, 6.07) is 0. The van der Waals surface area contributed by atoms with Crippen LogP contribution in [0.4, 0.5) is 0 Å². The number of carbonyl (C=O) groups excluding carboxylic acids is 1. The fourth-order valence-corrected chi connectivity index (χ4v) is 10.4. The van der Waals surface area contributed by atoms with Gasteiger partial charge in [0, 0.05) is 18.9 Å². The molecule has 6 aliphatic rings. The van der Waals surface area contributed by atoms with E-state index < -0.39 is 42.6 Å². The summed E-state index contributed by atoms with van der Waals surface area (Å²) in [6.45, 7) is 10.5. The molecule has 10 nitrogen and oxygen atoms in total. The van der Waals surface area contributed by atoms with E-state index in [0.717, 1.165) is 44.9 Å². The Bertz CT molecular complexity index is 1190. The number of methoxy groups -OCH3 is 2. The van der Waals surface area contributed by atoms with E-state index >= 15 is 0 Å². The third kappa shape index (κ3) is 5.82. The minimum Gasteiger partial charge on any atom is -0.493 e. The van der Waals surface area contributed by atoms with Crippen molar-refractivity contribution >= 4 is 5.78 Å². The molecule has 2 heterocycles. The molecule has 2 N–H and O–H groups in total. The number of ether oxygens (including phenoxy) is 7. The van der Waals surface area contributed by atoms with Crippen LogP contribution in [0, 0.1) is 28.6 Å². The summed E-state index contributed by atoms with van der Waals surface area (Å²) in [4.78, 5) is 12.8. The third-order valence-electron chi connectivity index (χ3n) is 13.1. The maximum atomic E-state index is 12.8. The highest BCUT2D eigenvalue weighted by Crippen LogP contribution is 2.68. The zero-order chi connectivity index (χ0) is 33.0. The lowest BCUT2D eigenvalue weighted by Gasteiger charge is -2.59. The Balaban J connectivity index is 1.12. The predicted octanol–water partition coefficient (Wildman–Crippen LogP) is 4.80. The van der Waals surface area contributed by atoms with Gasteiger partial charge in [-0.2, -0.15) is 0 Å². The van der Waals surface area contributed by atoms with Crippen molar-refractivity contribution in [1.82, 2.24) is 0 Å². The molecule has 4 aliphatic carbocycles. The van der Waals surface area contributed by atoms with Gasteiger partial charge >= 0.3 is 0 Å². The second kappa shape index (κ2) is 13.2. The highest BCUT2D eigenvalue weighted by atomic mass is 16.7. The van der Waals surface area contributed by atoms with Gasteiger partial charge in [0.05, 0.1) is 43.2 Å². The molecule has 0 aromatic carbocycles. The van der Waals surface area contributed by atoms with Crippen LogP contribution < -0.4 is 0 Å². The minimum atomic E-state index is -0.982. The molecule has 3 unspecified atom stereocenters. The summed E-state index contributed by atoms with van der Waals surface area (Å²) in [5.74, 6) is 1.50. The molecule has 1 saturated heterocycles. The molecule has 6 rings (SSSR count). The second-order valence-electron chi connectivity index (χ2n) is 15.3. The summed E-state index contributed by atoms with van der Waals surface area (Å²) in [7, 11) is 3.07. The Morgan fingerprint density at radius 1 is 1.07 bits per heavy atom. The van der Waals surface area contributed by atoms with Crippen LogP contribution in [0.15, 0.2) is 23.5 Å². The maximum absolute atomic E-state index is 12.8. The molecule has 14 atom stereocenters. The Morgan fingerprint density at radius 3 is 2.57 bits per heavy atom. The summed E-state index contributed by atoms with van der Waals surface area (Å²) < 4.78 is 40.7. The highest BCUT2D eigenvalue weighted by Gasteiger charge is 2.65. The largest absolute Gasteiger partial charge is 0.493 e. The van der Waals surface area contributed by atoms with Crippen molar-refractivity contribution in [3.8, 4) is 0 Å². The van der Waals surface area contributed by atoms with Crippen LogP contribution in [0.2, 0.25) is 0 Å². The number of allylic oxidation sites excluding steroid dienone is 1. The first kappa shape index (κ1) is 34.5. The molecule has 260 valence electrons. The minimum absolute atomic E-state index is 0.0676. The molecule has 0 bridgehead atoms. The van der Waals surface area contributed by atoms with Gasteiger partial charge in [0.25, 0.3) is 5.78 Å². The lowest BCUT2D eigenvalue weighted by Crippen LogP contribution is -2.59. The number of aliphatic hydroxyl groups is 2. The molecule has 10 heteroatoms. The molecule has 2 aliphatic heterocycles. The van der Waals surface area contributed by atoms with E-state index in [4.69, 9.17) is 33.2 Å². The number of rotatable bonds is 9. The van der Waals surface area contributed by atoms with E-state index in [2.05, 4.69) is 19.9 Å². The first-order valence-electron chi connectivity index (χ1n) is 17.5. The first-order chi connectivity index (χ1) is 21.8. The predicted molar refractivity (Wildman–Crippen MR) is 168 cm³/mol. The van der Waals surface area contributed by atoms with Crippen LogP contribution in [0.25, 0.3) is 0 Å². The Hall–Kier alpha value is -1.37. The van der Waals surface area contributed by atoms with Crippen LogP contribution >= 0.6 is 0 Å². The van der Waals surface area contributed by atoms with Crippen molar-refractivity contribution in [3.05, 3.63) is 23.5 Å². The van der Waals surface area contributed by atoms with Crippen LogP contribution in [-0.4, -0.2) is 91.8 Å². The lowest BCUT2D eigenvalue weighted by molar-refractivity contribution is -0.296. The highest BCUT2D eigenvalue weighted by molar-refractivity contribution is 5.96. The van der Waals surface area contributed by atoms with E-state index in [9.17, 15) is 15.0 Å². The van der Waals surface area contributed by atoms with Gasteiger partial charge in [0.15, 0.2) is 12.0 Å². The van der Waals surface area contributed by atoms with Crippen molar-refractivity contribution in [2.24, 2.45) is 28.6 Å². The van der Waals surface area contributed by atoms with Crippen LogP contribution in [-0.2, 0) is 38.0 Å². The van der Waals surface area contributed by atoms with Gasteiger partial charge < -0.3 is 43.4 Å². The van der Waals surface area contributed by atoms with Crippen molar-refractivity contribution in [2.45, 2.75) is 147 Å². The van der Waals surface area contributed by atoms with Gasteiger partial charge in [-0.25, -0.2) is 0 Å². The molecule has 0 radical (unpaired) electrons. The van der Waals surface area contributed by atoms with Crippen molar-refractivity contribution in [1.29, 1.82) is 0 Å². The van der Waals surface area contributed by atoms with Gasteiger partial charge in [-0.15, -0.1) is 0 Å². The molecule has 0 amide bonds. The summed E-state index contributed by atoms with van der Waals surface area (Å²) in [5.41, 5.74) is 0.278. The number of Topliss-reactive ketones (excluding diaryl/α,β-unsaturated/α-hetero) is 1. The van der Waals surface area contributed by atoms with E-state index in [0.29, 0.717) is 36.4 Å². The van der Waals surface area contributed by atoms with Gasteiger partial charge in [-0.3, -0.25) is 4.79 Å². The van der Waals surface area contributed by atoms with Gasteiger partial charge in [-0.1, -0.05) is 25.5 Å². The molecule has 0 aromatic heterocycles. The van der Waals surface area contributed by atoms with E-state index in [1.54, 1.807) is 13.2 Å². The quantitative estimate of drug-likeness (QED) is 0.266. The van der Waals surface area contributed by atoms with Crippen molar-refractivity contribution in [3.63, 3.8) is 0 Å². The monoisotopic (exact) mass is 648 g/mol. The van der Waals surface area contributed by atoms with E-state index in [-0.39, 0.29) is 35.6 Å². The van der Waals surface area contributed by atoms with Crippen LogP contribution in [0.3, 0.4) is 0 Å². The lowest BCUT2D eigenvalue weighted by atomic mass is 9.46. The number of hydrogen-bond acceptors (Lipinski definition) is 10. The maximum Gasteiger partial charge on any atom is 0.252 e. The number of hydrogen-bond donors (Lipinski definition) is 2. The number of aliphatic hydroxyl groups excluding tert-OH is 1. The third-order valence-corrected chi connectivity index (χ3v) is 13.1.